The van der Waals surface area contributed by atoms with Crippen molar-refractivity contribution in [2.24, 2.45) is 5.92 Å². The zero-order valence-electron chi connectivity index (χ0n) is 15.0. The Kier molecular flexibility index (Phi) is 3.67. The number of nitrogens with zero attached hydrogens (tertiary/aromatic N) is 1. The van der Waals surface area contributed by atoms with Crippen LogP contribution in [0.2, 0.25) is 0 Å². The van der Waals surface area contributed by atoms with Gasteiger partial charge in [0.15, 0.2) is 0 Å². The third-order valence-electron chi connectivity index (χ3n) is 6.38. The van der Waals surface area contributed by atoms with Crippen molar-refractivity contribution >= 4 is 10.9 Å². The van der Waals surface area contributed by atoms with E-state index in [9.17, 15) is 0 Å². The quantitative estimate of drug-likeness (QED) is 0.735. The number of hydrogen-bond donors (Lipinski definition) is 1. The molecule has 3 heterocycles. The van der Waals surface area contributed by atoms with Gasteiger partial charge in [-0.05, 0) is 23.6 Å². The van der Waals surface area contributed by atoms with Gasteiger partial charge < -0.3 is 9.47 Å². The molecule has 0 aliphatic carbocycles. The summed E-state index contributed by atoms with van der Waals surface area (Å²) in [6, 6.07) is 20.7. The molecule has 1 fully saturated rings. The molecule has 0 bridgehead atoms. The van der Waals surface area contributed by atoms with E-state index in [-0.39, 0.29) is 0 Å². The molecular weight excluding hydrogens is 304 g/mol. The predicted molar refractivity (Wildman–Crippen MR) is 103 cm³/mol. The minimum absolute atomic E-state index is 0.691. The standard InChI is InChI=1S/C23H26N2/c1-17-11-12-22-23-20(13-14-24(22)15-17)19-9-5-6-10-21(19)25(23)16-18-7-3-2-4-8-18/h2-10,17,22H,11-16H2,1H3/p+1. The smallest absolute Gasteiger partial charge is 0.129 e. The number of piperidine rings is 1. The summed E-state index contributed by atoms with van der Waals surface area (Å²) < 4.78 is 2.64. The Morgan fingerprint density at radius 2 is 1.80 bits per heavy atom. The van der Waals surface area contributed by atoms with Gasteiger partial charge >= 0.3 is 0 Å². The van der Waals surface area contributed by atoms with Gasteiger partial charge in [-0.3, -0.25) is 0 Å². The fourth-order valence-electron chi connectivity index (χ4n) is 5.23. The van der Waals surface area contributed by atoms with Gasteiger partial charge in [-0.15, -0.1) is 0 Å². The number of fused-ring (bicyclic) bond motifs is 5. The van der Waals surface area contributed by atoms with Crippen molar-refractivity contribution in [2.75, 3.05) is 13.1 Å². The van der Waals surface area contributed by atoms with E-state index in [0.717, 1.165) is 12.5 Å². The van der Waals surface area contributed by atoms with E-state index in [4.69, 9.17) is 0 Å². The first-order valence-corrected chi connectivity index (χ1v) is 9.80. The molecule has 3 aromatic rings. The number of rotatable bonds is 2. The van der Waals surface area contributed by atoms with E-state index in [1.54, 1.807) is 11.3 Å². The van der Waals surface area contributed by atoms with Gasteiger partial charge in [-0.2, -0.15) is 0 Å². The molecule has 2 aromatic carbocycles. The first-order chi connectivity index (χ1) is 12.3. The average molecular weight is 331 g/mol. The molecule has 128 valence electrons. The lowest BCUT2D eigenvalue weighted by atomic mass is 9.87. The lowest BCUT2D eigenvalue weighted by molar-refractivity contribution is -0.943. The number of benzene rings is 2. The number of para-hydroxylation sites is 1. The van der Waals surface area contributed by atoms with E-state index in [1.165, 1.54) is 48.8 Å². The van der Waals surface area contributed by atoms with Crippen molar-refractivity contribution in [1.82, 2.24) is 4.57 Å². The van der Waals surface area contributed by atoms with Crippen LogP contribution in [0.25, 0.3) is 10.9 Å². The summed E-state index contributed by atoms with van der Waals surface area (Å²) in [4.78, 5) is 1.82. The molecule has 0 radical (unpaired) electrons. The van der Waals surface area contributed by atoms with Crippen LogP contribution in [0.15, 0.2) is 54.6 Å². The van der Waals surface area contributed by atoms with E-state index in [0.29, 0.717) is 6.04 Å². The number of quaternary nitrogens is 1. The normalized spacial score (nSPS) is 25.6. The summed E-state index contributed by atoms with van der Waals surface area (Å²) in [5.41, 5.74) is 6.10. The first kappa shape index (κ1) is 15.2. The summed E-state index contributed by atoms with van der Waals surface area (Å²) in [5.74, 6) is 0.875. The molecular formula is C23H27N2+. The van der Waals surface area contributed by atoms with Crippen molar-refractivity contribution in [3.05, 3.63) is 71.4 Å². The van der Waals surface area contributed by atoms with Crippen LogP contribution in [-0.2, 0) is 13.0 Å². The largest absolute Gasteiger partial charge is 0.335 e. The van der Waals surface area contributed by atoms with Crippen LogP contribution in [0, 0.1) is 5.92 Å². The molecule has 1 saturated heterocycles. The SMILES string of the molecule is CC1CCC2c3c(c4ccccc4n3Cc3ccccc3)CC[NH+]2C1. The van der Waals surface area contributed by atoms with Gasteiger partial charge in [0, 0.05) is 36.2 Å². The monoisotopic (exact) mass is 331 g/mol. The second-order valence-corrected chi connectivity index (χ2v) is 8.05. The Balaban J connectivity index is 1.67. The Bertz CT molecular complexity index is 893. The zero-order chi connectivity index (χ0) is 16.8. The molecule has 0 amide bonds. The van der Waals surface area contributed by atoms with Gasteiger partial charge in [0.25, 0.3) is 0 Å². The van der Waals surface area contributed by atoms with Gasteiger partial charge in [-0.1, -0.05) is 55.5 Å². The van der Waals surface area contributed by atoms with Gasteiger partial charge in [0.1, 0.15) is 6.04 Å². The van der Waals surface area contributed by atoms with Crippen molar-refractivity contribution in [1.29, 1.82) is 0 Å². The summed E-state index contributed by atoms with van der Waals surface area (Å²) in [6.07, 6.45) is 3.95. The summed E-state index contributed by atoms with van der Waals surface area (Å²) in [6.45, 7) is 6.08. The van der Waals surface area contributed by atoms with Gasteiger partial charge in [0.05, 0.1) is 18.8 Å². The fourth-order valence-corrected chi connectivity index (χ4v) is 5.23. The highest BCUT2D eigenvalue weighted by Crippen LogP contribution is 2.35. The maximum atomic E-state index is 2.64. The third kappa shape index (κ3) is 2.51. The molecule has 25 heavy (non-hydrogen) atoms. The molecule has 2 aliphatic rings. The first-order valence-electron chi connectivity index (χ1n) is 9.80. The van der Waals surface area contributed by atoms with E-state index in [1.807, 2.05) is 4.90 Å². The molecule has 5 rings (SSSR count). The number of nitrogens with one attached hydrogen (secondary N) is 1. The Hall–Kier alpha value is -2.06. The summed E-state index contributed by atoms with van der Waals surface area (Å²) in [7, 11) is 0. The maximum absolute atomic E-state index is 2.64. The minimum Gasteiger partial charge on any atom is -0.335 e. The topological polar surface area (TPSA) is 9.37 Å². The summed E-state index contributed by atoms with van der Waals surface area (Å²) >= 11 is 0. The highest BCUT2D eigenvalue weighted by atomic mass is 15.2. The predicted octanol–water partition coefficient (Wildman–Crippen LogP) is 3.60. The Morgan fingerprint density at radius 1 is 1.00 bits per heavy atom. The molecule has 2 heteroatoms. The molecule has 2 nitrogen and oxygen atoms in total. The molecule has 2 aliphatic heterocycles. The molecule has 3 atom stereocenters. The van der Waals surface area contributed by atoms with E-state index >= 15 is 0 Å². The van der Waals surface area contributed by atoms with Gasteiger partial charge in [0.2, 0.25) is 0 Å². The van der Waals surface area contributed by atoms with Crippen molar-refractivity contribution in [3.63, 3.8) is 0 Å². The minimum atomic E-state index is 0.691. The molecule has 0 saturated carbocycles. The van der Waals surface area contributed by atoms with Crippen molar-refractivity contribution in [2.45, 2.75) is 38.8 Å². The second-order valence-electron chi connectivity index (χ2n) is 8.05. The van der Waals surface area contributed by atoms with Crippen molar-refractivity contribution in [3.8, 4) is 0 Å². The van der Waals surface area contributed by atoms with Crippen molar-refractivity contribution < 1.29 is 4.90 Å². The Morgan fingerprint density at radius 3 is 2.68 bits per heavy atom. The van der Waals surface area contributed by atoms with Crippen LogP contribution >= 0.6 is 0 Å². The second kappa shape index (κ2) is 6.03. The molecule has 0 spiro atoms. The molecule has 3 unspecified atom stereocenters. The fraction of sp³-hybridized carbons (Fsp3) is 0.391. The maximum Gasteiger partial charge on any atom is 0.129 e. The van der Waals surface area contributed by atoms with Crippen LogP contribution in [0.5, 0.6) is 0 Å². The molecule has 1 aromatic heterocycles. The number of hydrogen-bond acceptors (Lipinski definition) is 0. The Labute approximate surface area is 150 Å². The third-order valence-corrected chi connectivity index (χ3v) is 6.38. The van der Waals surface area contributed by atoms with E-state index in [2.05, 4.69) is 66.1 Å². The highest BCUT2D eigenvalue weighted by molar-refractivity contribution is 5.86. The lowest BCUT2D eigenvalue weighted by Gasteiger charge is -2.39. The summed E-state index contributed by atoms with van der Waals surface area (Å²) in [5, 5.41) is 1.49. The average Bonchev–Trinajstić information content (AvgIpc) is 2.97. The lowest BCUT2D eigenvalue weighted by Crippen LogP contribution is -3.14. The van der Waals surface area contributed by atoms with E-state index < -0.39 is 0 Å². The van der Waals surface area contributed by atoms with Crippen LogP contribution in [0.3, 0.4) is 0 Å². The van der Waals surface area contributed by atoms with Crippen LogP contribution in [0.4, 0.5) is 0 Å². The van der Waals surface area contributed by atoms with Crippen LogP contribution in [-0.4, -0.2) is 17.7 Å². The zero-order valence-corrected chi connectivity index (χ0v) is 15.0. The molecule has 1 N–H and O–H groups in total. The van der Waals surface area contributed by atoms with Gasteiger partial charge in [-0.25, -0.2) is 0 Å². The number of aromatic nitrogens is 1. The van der Waals surface area contributed by atoms with Crippen LogP contribution in [0.1, 0.15) is 42.6 Å². The van der Waals surface area contributed by atoms with Crippen LogP contribution < -0.4 is 4.90 Å². The highest BCUT2D eigenvalue weighted by Gasteiger charge is 2.39.